The van der Waals surface area contributed by atoms with E-state index in [1.165, 1.54) is 6.07 Å². The van der Waals surface area contributed by atoms with Crippen LogP contribution in [0.2, 0.25) is 0 Å². The fraction of sp³-hybridized carbons (Fsp3) is 0.200. The SMILES string of the molecule is CCOc1[c]nc2ccccc2c1-c1ccn(C(F)(F)F)n1. The third kappa shape index (κ3) is 2.49. The minimum absolute atomic E-state index is 0.0345. The fourth-order valence-corrected chi connectivity index (χ4v) is 2.17. The highest BCUT2D eigenvalue weighted by molar-refractivity contribution is 5.96. The van der Waals surface area contributed by atoms with Crippen molar-refractivity contribution in [3.05, 3.63) is 42.7 Å². The number of aromatic nitrogens is 3. The van der Waals surface area contributed by atoms with Gasteiger partial charge in [-0.1, -0.05) is 18.2 Å². The van der Waals surface area contributed by atoms with Crippen LogP contribution < -0.4 is 4.74 Å². The number of ether oxygens (including phenoxy) is 1. The molecule has 0 saturated carbocycles. The minimum atomic E-state index is -4.56. The average molecular weight is 306 g/mol. The van der Waals surface area contributed by atoms with Gasteiger partial charge >= 0.3 is 6.30 Å². The lowest BCUT2D eigenvalue weighted by Gasteiger charge is -2.11. The standard InChI is InChI=1S/C15H11F3N3O/c1-2-22-13-9-19-11-6-4-3-5-10(11)14(13)12-7-8-21(20-12)15(16,17)18/h3-8H,2H2,1H3. The molecule has 2 aromatic heterocycles. The van der Waals surface area contributed by atoms with Crippen LogP contribution in [0.4, 0.5) is 13.2 Å². The van der Waals surface area contributed by atoms with Crippen LogP contribution in [0.3, 0.4) is 0 Å². The Morgan fingerprint density at radius 3 is 2.68 bits per heavy atom. The first-order valence-corrected chi connectivity index (χ1v) is 6.57. The molecule has 0 N–H and O–H groups in total. The molecule has 0 aliphatic heterocycles. The van der Waals surface area contributed by atoms with Gasteiger partial charge in [0.1, 0.15) is 6.20 Å². The molecule has 0 bridgehead atoms. The van der Waals surface area contributed by atoms with Gasteiger partial charge in [0.15, 0.2) is 5.75 Å². The number of alkyl halides is 3. The van der Waals surface area contributed by atoms with E-state index in [1.807, 2.05) is 0 Å². The number of rotatable bonds is 3. The van der Waals surface area contributed by atoms with Gasteiger partial charge in [0.05, 0.1) is 23.4 Å². The van der Waals surface area contributed by atoms with E-state index < -0.39 is 6.30 Å². The molecule has 7 heteroatoms. The smallest absolute Gasteiger partial charge is 0.491 e. The number of fused-ring (bicyclic) bond motifs is 1. The summed E-state index contributed by atoms with van der Waals surface area (Å²) in [6.45, 7) is 2.13. The zero-order chi connectivity index (χ0) is 15.7. The van der Waals surface area contributed by atoms with Crippen LogP contribution in [0.25, 0.3) is 22.2 Å². The van der Waals surface area contributed by atoms with E-state index >= 15 is 0 Å². The highest BCUT2D eigenvalue weighted by Gasteiger charge is 2.32. The Kier molecular flexibility index (Phi) is 3.48. The molecule has 0 unspecified atom stereocenters. The second-order valence-corrected chi connectivity index (χ2v) is 4.49. The molecule has 0 atom stereocenters. The number of pyridine rings is 1. The molecule has 0 aliphatic carbocycles. The van der Waals surface area contributed by atoms with Crippen molar-refractivity contribution in [1.82, 2.24) is 14.8 Å². The van der Waals surface area contributed by atoms with Crippen molar-refractivity contribution in [3.8, 4) is 17.0 Å². The molecule has 0 aliphatic rings. The van der Waals surface area contributed by atoms with E-state index in [0.717, 1.165) is 6.20 Å². The lowest BCUT2D eigenvalue weighted by Crippen LogP contribution is -2.17. The van der Waals surface area contributed by atoms with E-state index in [1.54, 1.807) is 31.2 Å². The van der Waals surface area contributed by atoms with E-state index in [2.05, 4.69) is 16.3 Å². The van der Waals surface area contributed by atoms with Crippen LogP contribution in [-0.2, 0) is 6.30 Å². The first kappa shape index (κ1) is 14.4. The summed E-state index contributed by atoms with van der Waals surface area (Å²) in [6.07, 6.45) is -0.959. The quantitative estimate of drug-likeness (QED) is 0.739. The molecule has 3 rings (SSSR count). The lowest BCUT2D eigenvalue weighted by molar-refractivity contribution is -0.212. The number of hydrogen-bond donors (Lipinski definition) is 0. The molecule has 1 radical (unpaired) electrons. The molecule has 3 aromatic rings. The number of benzene rings is 1. The topological polar surface area (TPSA) is 39.9 Å². The van der Waals surface area contributed by atoms with Crippen LogP contribution in [0.1, 0.15) is 6.92 Å². The van der Waals surface area contributed by atoms with Crippen LogP contribution >= 0.6 is 0 Å². The van der Waals surface area contributed by atoms with Gasteiger partial charge in [-0.05, 0) is 19.1 Å². The molecular weight excluding hydrogens is 295 g/mol. The Hall–Kier alpha value is -2.57. The Labute approximate surface area is 124 Å². The van der Waals surface area contributed by atoms with Crippen molar-refractivity contribution in [2.75, 3.05) is 6.61 Å². The van der Waals surface area contributed by atoms with Gasteiger partial charge in [-0.2, -0.15) is 9.78 Å². The van der Waals surface area contributed by atoms with Crippen LogP contribution in [0, 0.1) is 6.20 Å². The average Bonchev–Trinajstić information content (AvgIpc) is 2.97. The van der Waals surface area contributed by atoms with Crippen molar-refractivity contribution in [2.24, 2.45) is 0 Å². The van der Waals surface area contributed by atoms with E-state index in [-0.39, 0.29) is 16.1 Å². The van der Waals surface area contributed by atoms with Crippen molar-refractivity contribution in [3.63, 3.8) is 0 Å². The second-order valence-electron chi connectivity index (χ2n) is 4.49. The number of halogens is 3. The van der Waals surface area contributed by atoms with E-state index in [4.69, 9.17) is 4.74 Å². The molecule has 0 fully saturated rings. The van der Waals surface area contributed by atoms with Crippen LogP contribution in [-0.4, -0.2) is 21.4 Å². The summed E-state index contributed by atoms with van der Waals surface area (Å²) in [5.41, 5.74) is 1.23. The predicted octanol–water partition coefficient (Wildman–Crippen LogP) is 3.77. The molecule has 4 nitrogen and oxygen atoms in total. The number of nitrogens with zero attached hydrogens (tertiary/aromatic N) is 3. The molecule has 22 heavy (non-hydrogen) atoms. The second kappa shape index (κ2) is 5.32. The van der Waals surface area contributed by atoms with Gasteiger partial charge in [0, 0.05) is 11.6 Å². The predicted molar refractivity (Wildman–Crippen MR) is 74.3 cm³/mol. The van der Waals surface area contributed by atoms with Crippen molar-refractivity contribution >= 4 is 10.9 Å². The summed E-state index contributed by atoms with van der Waals surface area (Å²) in [5, 5.41) is 4.27. The molecule has 113 valence electrons. The van der Waals surface area contributed by atoms with Gasteiger partial charge < -0.3 is 4.74 Å². The van der Waals surface area contributed by atoms with Crippen LogP contribution in [0.5, 0.6) is 5.75 Å². The summed E-state index contributed by atoms with van der Waals surface area (Å²) in [6, 6.07) is 8.39. The lowest BCUT2D eigenvalue weighted by atomic mass is 10.1. The van der Waals surface area contributed by atoms with Gasteiger partial charge in [0.25, 0.3) is 0 Å². The zero-order valence-electron chi connectivity index (χ0n) is 11.6. The van der Waals surface area contributed by atoms with Crippen molar-refractivity contribution in [2.45, 2.75) is 13.2 Å². The maximum Gasteiger partial charge on any atom is 0.504 e. The molecule has 0 spiro atoms. The molecule has 1 aromatic carbocycles. The van der Waals surface area contributed by atoms with Crippen molar-refractivity contribution < 1.29 is 17.9 Å². The monoisotopic (exact) mass is 306 g/mol. The summed E-state index contributed by atoms with van der Waals surface area (Å²) in [4.78, 5) is 4.13. The summed E-state index contributed by atoms with van der Waals surface area (Å²) >= 11 is 0. The van der Waals surface area contributed by atoms with Crippen LogP contribution in [0.15, 0.2) is 36.5 Å². The first-order chi connectivity index (χ1) is 10.5. The zero-order valence-corrected chi connectivity index (χ0v) is 11.6. The van der Waals surface area contributed by atoms with Gasteiger partial charge in [-0.3, -0.25) is 0 Å². The minimum Gasteiger partial charge on any atom is -0.491 e. The number of para-hydroxylation sites is 1. The van der Waals surface area contributed by atoms with Gasteiger partial charge in [-0.15, -0.1) is 13.2 Å². The van der Waals surface area contributed by atoms with E-state index in [9.17, 15) is 13.2 Å². The Morgan fingerprint density at radius 2 is 2.00 bits per heavy atom. The molecule has 0 amide bonds. The normalized spacial score (nSPS) is 11.8. The third-order valence-corrected chi connectivity index (χ3v) is 3.07. The Balaban J connectivity index is 2.23. The van der Waals surface area contributed by atoms with Gasteiger partial charge in [0.2, 0.25) is 0 Å². The van der Waals surface area contributed by atoms with Crippen molar-refractivity contribution in [1.29, 1.82) is 0 Å². The van der Waals surface area contributed by atoms with E-state index in [0.29, 0.717) is 23.1 Å². The maximum atomic E-state index is 12.7. The fourth-order valence-electron chi connectivity index (χ4n) is 2.17. The molecular formula is C15H11F3N3O. The van der Waals surface area contributed by atoms with Gasteiger partial charge in [-0.25, -0.2) is 4.98 Å². The summed E-state index contributed by atoms with van der Waals surface area (Å²) in [5.74, 6) is 0.286. The summed E-state index contributed by atoms with van der Waals surface area (Å²) < 4.78 is 43.6. The Bertz CT molecular complexity index is 811. The third-order valence-electron chi connectivity index (χ3n) is 3.07. The largest absolute Gasteiger partial charge is 0.504 e. The first-order valence-electron chi connectivity index (χ1n) is 6.57. The maximum absolute atomic E-state index is 12.7. The molecule has 2 heterocycles. The summed E-state index contributed by atoms with van der Waals surface area (Å²) in [7, 11) is 0. The highest BCUT2D eigenvalue weighted by Crippen LogP contribution is 2.35. The number of hydrogen-bond acceptors (Lipinski definition) is 3. The molecule has 0 saturated heterocycles. The Morgan fingerprint density at radius 1 is 1.23 bits per heavy atom. The highest BCUT2D eigenvalue weighted by atomic mass is 19.4.